The van der Waals surface area contributed by atoms with E-state index in [-0.39, 0.29) is 21.2 Å². The summed E-state index contributed by atoms with van der Waals surface area (Å²) in [5.74, 6) is -5.10. The lowest BCUT2D eigenvalue weighted by Gasteiger charge is -2.21. The van der Waals surface area contributed by atoms with Crippen LogP contribution in [0, 0.1) is 6.07 Å². The topological polar surface area (TPSA) is 0 Å². The van der Waals surface area contributed by atoms with Crippen LogP contribution in [0.3, 0.4) is 0 Å². The van der Waals surface area contributed by atoms with Crippen LogP contribution in [0.2, 0.25) is 0 Å². The van der Waals surface area contributed by atoms with Gasteiger partial charge in [0.05, 0.1) is 6.42 Å². The van der Waals surface area contributed by atoms with E-state index in [4.69, 9.17) is 0 Å². The van der Waals surface area contributed by atoms with Crippen molar-refractivity contribution in [2.24, 2.45) is 0 Å². The van der Waals surface area contributed by atoms with Crippen molar-refractivity contribution in [3.05, 3.63) is 57.6 Å². The summed E-state index contributed by atoms with van der Waals surface area (Å²) in [6.07, 6.45) is -11.3. The Morgan fingerprint density at radius 3 is 2.07 bits per heavy atom. The van der Waals surface area contributed by atoms with Gasteiger partial charge in [0.2, 0.25) is 0 Å². The lowest BCUT2D eigenvalue weighted by Crippen LogP contribution is -2.33. The molecule has 0 nitrogen and oxygen atoms in total. The largest absolute Gasteiger partial charge is 0.458 e. The molecule has 0 fully saturated rings. The zero-order valence-corrected chi connectivity index (χ0v) is 15.3. The van der Waals surface area contributed by atoms with E-state index in [2.05, 4.69) is 22.0 Å². The Balaban J connectivity index is 2.63. The van der Waals surface area contributed by atoms with E-state index in [1.54, 1.807) is 6.92 Å². The maximum Gasteiger partial charge on any atom is 0.458 e. The molecule has 0 saturated heterocycles. The second kappa shape index (κ2) is 7.41. The zero-order chi connectivity index (χ0) is 20.6. The average molecular weight is 460 g/mol. The molecule has 0 heterocycles. The van der Waals surface area contributed by atoms with Gasteiger partial charge in [-0.15, -0.1) is 0 Å². The van der Waals surface area contributed by atoms with Crippen molar-refractivity contribution in [2.75, 3.05) is 0 Å². The SMILES string of the molecule is CCc1[c]cc(CC(F)(F)F)cc1-c1cc(C(F)(F)C(F)(F)F)ccc1Br. The van der Waals surface area contributed by atoms with Gasteiger partial charge in [-0.05, 0) is 46.9 Å². The van der Waals surface area contributed by atoms with Crippen LogP contribution in [0.15, 0.2) is 34.8 Å². The minimum atomic E-state index is -5.80. The summed E-state index contributed by atoms with van der Waals surface area (Å²) in [5.41, 5.74) is -1.01. The van der Waals surface area contributed by atoms with E-state index in [0.717, 1.165) is 18.2 Å². The first-order valence-corrected chi connectivity index (χ1v) is 8.40. The molecule has 9 heteroatoms. The molecule has 2 aromatic carbocycles. The van der Waals surface area contributed by atoms with Crippen LogP contribution in [0.25, 0.3) is 11.1 Å². The number of hydrogen-bond acceptors (Lipinski definition) is 0. The molecule has 2 rings (SSSR count). The molecule has 147 valence electrons. The molecular weight excluding hydrogens is 448 g/mol. The van der Waals surface area contributed by atoms with Gasteiger partial charge in [-0.3, -0.25) is 0 Å². The van der Waals surface area contributed by atoms with Crippen LogP contribution in [-0.2, 0) is 18.8 Å². The predicted octanol–water partition coefficient (Wildman–Crippen LogP) is 7.24. The van der Waals surface area contributed by atoms with Crippen molar-refractivity contribution < 1.29 is 35.1 Å². The van der Waals surface area contributed by atoms with E-state index in [9.17, 15) is 35.1 Å². The number of aryl methyl sites for hydroxylation is 1. The monoisotopic (exact) mass is 459 g/mol. The highest BCUT2D eigenvalue weighted by Gasteiger charge is 2.58. The van der Waals surface area contributed by atoms with Crippen molar-refractivity contribution in [3.8, 4) is 11.1 Å². The van der Waals surface area contributed by atoms with Gasteiger partial charge in [0, 0.05) is 10.0 Å². The normalized spacial score (nSPS) is 13.1. The minimum absolute atomic E-state index is 0.0615. The van der Waals surface area contributed by atoms with E-state index in [0.29, 0.717) is 24.1 Å². The van der Waals surface area contributed by atoms with Gasteiger partial charge in [0.25, 0.3) is 0 Å². The quantitative estimate of drug-likeness (QED) is 0.422. The molecule has 0 aromatic heterocycles. The van der Waals surface area contributed by atoms with Crippen molar-refractivity contribution in [2.45, 2.75) is 38.0 Å². The van der Waals surface area contributed by atoms with Gasteiger partial charge in [-0.2, -0.15) is 35.1 Å². The maximum atomic E-state index is 13.7. The predicted molar refractivity (Wildman–Crippen MR) is 87.5 cm³/mol. The standard InChI is InChI=1S/C18H12BrF8/c1-2-11-4-3-10(9-16(20,21)22)7-13(11)14-8-12(5-6-15(14)19)17(23,24)18(25,26)27/h3,5-8H,2,9H2,1H3. The summed E-state index contributed by atoms with van der Waals surface area (Å²) in [4.78, 5) is 0. The third-order valence-corrected chi connectivity index (χ3v) is 4.51. The molecule has 0 bridgehead atoms. The third kappa shape index (κ3) is 4.80. The number of rotatable bonds is 4. The van der Waals surface area contributed by atoms with Gasteiger partial charge in [0.1, 0.15) is 0 Å². The number of halogens is 9. The molecular formula is C18H12BrF8. The number of benzene rings is 2. The highest BCUT2D eigenvalue weighted by molar-refractivity contribution is 9.10. The van der Waals surface area contributed by atoms with Gasteiger partial charge in [-0.25, -0.2) is 0 Å². The van der Waals surface area contributed by atoms with Crippen molar-refractivity contribution in [3.63, 3.8) is 0 Å². The number of hydrogen-bond donors (Lipinski definition) is 0. The first kappa shape index (κ1) is 21.7. The lowest BCUT2D eigenvalue weighted by atomic mass is 9.93. The van der Waals surface area contributed by atoms with Gasteiger partial charge in [0.15, 0.2) is 0 Å². The molecule has 0 aliphatic carbocycles. The summed E-state index contributed by atoms with van der Waals surface area (Å²) in [6.45, 7) is 1.67. The molecule has 0 aliphatic rings. The Labute approximate surface area is 158 Å². The second-order valence-corrected chi connectivity index (χ2v) is 6.67. The van der Waals surface area contributed by atoms with Crippen molar-refractivity contribution in [1.29, 1.82) is 0 Å². The van der Waals surface area contributed by atoms with E-state index >= 15 is 0 Å². The van der Waals surface area contributed by atoms with Crippen molar-refractivity contribution >= 4 is 15.9 Å². The Morgan fingerprint density at radius 2 is 1.56 bits per heavy atom. The summed E-state index contributed by atoms with van der Waals surface area (Å²) in [6, 6.07) is 7.21. The molecule has 0 aliphatic heterocycles. The highest BCUT2D eigenvalue weighted by atomic mass is 79.9. The Hall–Kier alpha value is -1.64. The molecule has 0 spiro atoms. The van der Waals surface area contributed by atoms with Gasteiger partial charge >= 0.3 is 18.3 Å². The smallest absolute Gasteiger partial charge is 0.191 e. The third-order valence-electron chi connectivity index (χ3n) is 3.82. The average Bonchev–Trinajstić information content (AvgIpc) is 2.52. The van der Waals surface area contributed by atoms with Gasteiger partial charge in [-0.1, -0.05) is 41.1 Å². The fraction of sp³-hybridized carbons (Fsp3) is 0.333. The first-order chi connectivity index (χ1) is 12.3. The van der Waals surface area contributed by atoms with E-state index in [1.807, 2.05) is 0 Å². The lowest BCUT2D eigenvalue weighted by molar-refractivity contribution is -0.289. The van der Waals surface area contributed by atoms with Crippen LogP contribution >= 0.6 is 15.9 Å². The molecule has 1 radical (unpaired) electrons. The molecule has 0 atom stereocenters. The summed E-state index contributed by atoms with van der Waals surface area (Å²) < 4.78 is 103. The summed E-state index contributed by atoms with van der Waals surface area (Å²) in [5, 5.41) is 0. The Morgan fingerprint density at radius 1 is 0.926 bits per heavy atom. The summed E-state index contributed by atoms with van der Waals surface area (Å²) >= 11 is 3.07. The Kier molecular flexibility index (Phi) is 5.94. The van der Waals surface area contributed by atoms with Crippen LogP contribution in [0.5, 0.6) is 0 Å². The summed E-state index contributed by atoms with van der Waals surface area (Å²) in [7, 11) is 0. The molecule has 2 aromatic rings. The molecule has 0 unspecified atom stereocenters. The van der Waals surface area contributed by atoms with Crippen LogP contribution < -0.4 is 0 Å². The van der Waals surface area contributed by atoms with E-state index in [1.165, 1.54) is 0 Å². The van der Waals surface area contributed by atoms with Crippen LogP contribution in [0.4, 0.5) is 35.1 Å². The van der Waals surface area contributed by atoms with Crippen LogP contribution in [0.1, 0.15) is 23.6 Å². The molecule has 0 N–H and O–H groups in total. The first-order valence-electron chi connectivity index (χ1n) is 7.61. The molecule has 0 amide bonds. The zero-order valence-electron chi connectivity index (χ0n) is 13.7. The number of alkyl halides is 8. The molecule has 0 saturated carbocycles. The second-order valence-electron chi connectivity index (χ2n) is 5.81. The fourth-order valence-electron chi connectivity index (χ4n) is 2.53. The minimum Gasteiger partial charge on any atom is -0.191 e. The van der Waals surface area contributed by atoms with Crippen LogP contribution in [-0.4, -0.2) is 12.4 Å². The van der Waals surface area contributed by atoms with E-state index < -0.39 is 30.3 Å². The molecule has 27 heavy (non-hydrogen) atoms. The Bertz CT molecular complexity index is 821. The van der Waals surface area contributed by atoms with Gasteiger partial charge < -0.3 is 0 Å². The fourth-order valence-corrected chi connectivity index (χ4v) is 2.99. The maximum absolute atomic E-state index is 13.7. The van der Waals surface area contributed by atoms with Crippen molar-refractivity contribution in [1.82, 2.24) is 0 Å². The highest BCUT2D eigenvalue weighted by Crippen LogP contribution is 2.46.